The highest BCUT2D eigenvalue weighted by molar-refractivity contribution is 7.99. The van der Waals surface area contributed by atoms with Gasteiger partial charge in [0.25, 0.3) is 0 Å². The third-order valence-corrected chi connectivity index (χ3v) is 5.22. The van der Waals surface area contributed by atoms with E-state index in [4.69, 9.17) is 0 Å². The first-order valence-corrected chi connectivity index (χ1v) is 8.55. The molecule has 0 N–H and O–H groups in total. The van der Waals surface area contributed by atoms with Crippen LogP contribution in [-0.4, -0.2) is 41.2 Å². The van der Waals surface area contributed by atoms with Crippen LogP contribution in [0, 0.1) is 0 Å². The fraction of sp³-hybridized carbons (Fsp3) is 0.500. The van der Waals surface area contributed by atoms with Crippen LogP contribution in [0.1, 0.15) is 12.8 Å². The maximum Gasteiger partial charge on any atom is 0.223 e. The van der Waals surface area contributed by atoms with E-state index in [9.17, 15) is 4.79 Å². The number of nitrogens with zero attached hydrogens (tertiary/aromatic N) is 1. The van der Waals surface area contributed by atoms with E-state index in [-0.39, 0.29) is 0 Å². The molecule has 1 aromatic carbocycles. The molecule has 0 radical (unpaired) electrons. The van der Waals surface area contributed by atoms with E-state index in [1.807, 2.05) is 34.9 Å². The van der Waals surface area contributed by atoms with E-state index in [1.165, 1.54) is 4.90 Å². The Morgan fingerprint density at radius 2 is 2.17 bits per heavy atom. The van der Waals surface area contributed by atoms with E-state index in [0.717, 1.165) is 25.3 Å². The fourth-order valence-corrected chi connectivity index (χ4v) is 3.61. The van der Waals surface area contributed by atoms with Gasteiger partial charge < -0.3 is 4.90 Å². The summed E-state index contributed by atoms with van der Waals surface area (Å²) in [5, 5.41) is 0.649. The highest BCUT2D eigenvalue weighted by Crippen LogP contribution is 2.22. The van der Waals surface area contributed by atoms with Gasteiger partial charge in [0.2, 0.25) is 5.91 Å². The van der Waals surface area contributed by atoms with Crippen molar-refractivity contribution in [2.45, 2.75) is 23.0 Å². The molecular weight excluding hydrogens is 262 g/mol. The van der Waals surface area contributed by atoms with Crippen LogP contribution in [0.25, 0.3) is 0 Å². The normalized spacial score (nSPS) is 19.2. The summed E-state index contributed by atoms with van der Waals surface area (Å²) in [5.74, 6) is 1.19. The molecule has 2 nitrogen and oxygen atoms in total. The first kappa shape index (κ1) is 13.8. The molecule has 1 atom stereocenters. The molecule has 1 heterocycles. The van der Waals surface area contributed by atoms with Crippen molar-refractivity contribution in [3.63, 3.8) is 0 Å². The number of likely N-dealkylation sites (tertiary alicyclic amines) is 1. The number of rotatable bonds is 5. The van der Waals surface area contributed by atoms with Crippen LogP contribution in [-0.2, 0) is 4.79 Å². The third-order valence-electron chi connectivity index (χ3n) is 3.16. The molecule has 1 aliphatic rings. The quantitative estimate of drug-likeness (QED) is 0.773. The van der Waals surface area contributed by atoms with Crippen molar-refractivity contribution in [2.75, 3.05) is 25.1 Å². The first-order chi connectivity index (χ1) is 8.79. The maximum absolute atomic E-state index is 12.0. The summed E-state index contributed by atoms with van der Waals surface area (Å²) < 4.78 is 0. The Morgan fingerprint density at radius 3 is 2.83 bits per heavy atom. The molecule has 1 aliphatic heterocycles. The van der Waals surface area contributed by atoms with Gasteiger partial charge in [0, 0.05) is 35.4 Å². The molecule has 0 spiro atoms. The Balaban J connectivity index is 1.69. The van der Waals surface area contributed by atoms with E-state index < -0.39 is 0 Å². The van der Waals surface area contributed by atoms with Gasteiger partial charge in [-0.15, -0.1) is 11.8 Å². The lowest BCUT2D eigenvalue weighted by Crippen LogP contribution is -2.29. The predicted molar refractivity (Wildman–Crippen MR) is 80.3 cm³/mol. The molecule has 1 saturated heterocycles. The Morgan fingerprint density at radius 1 is 1.39 bits per heavy atom. The number of carbonyl (C=O) groups excluding carboxylic acids is 1. The highest BCUT2D eigenvalue weighted by Gasteiger charge is 2.24. The van der Waals surface area contributed by atoms with Crippen LogP contribution in [0.15, 0.2) is 35.2 Å². The number of hydrogen-bond donors (Lipinski definition) is 0. The van der Waals surface area contributed by atoms with Gasteiger partial charge in [0.05, 0.1) is 0 Å². The molecule has 4 heteroatoms. The maximum atomic E-state index is 12.0. The van der Waals surface area contributed by atoms with Crippen molar-refractivity contribution in [3.05, 3.63) is 30.3 Å². The van der Waals surface area contributed by atoms with E-state index in [1.54, 1.807) is 11.8 Å². The minimum Gasteiger partial charge on any atom is -0.342 e. The first-order valence-electron chi connectivity index (χ1n) is 6.28. The van der Waals surface area contributed by atoms with Crippen LogP contribution in [0.5, 0.6) is 0 Å². The zero-order chi connectivity index (χ0) is 12.8. The molecule has 0 saturated carbocycles. The standard InChI is InChI=1S/C14H19NOS2/c1-17-13-7-9-15(11-13)14(16)8-10-18-12-5-3-2-4-6-12/h2-6,13H,7-11H2,1H3/t13-/m1/s1. The SMILES string of the molecule is CS[C@@H]1CCN(C(=O)CCSc2ccccc2)C1. The predicted octanol–water partition coefficient (Wildman–Crippen LogP) is 3.13. The molecule has 0 aliphatic carbocycles. The second-order valence-corrected chi connectivity index (χ2v) is 6.70. The summed E-state index contributed by atoms with van der Waals surface area (Å²) >= 11 is 3.64. The van der Waals surface area contributed by atoms with Crippen molar-refractivity contribution < 1.29 is 4.79 Å². The number of amides is 1. The molecule has 1 fully saturated rings. The third kappa shape index (κ3) is 3.95. The van der Waals surface area contributed by atoms with Crippen molar-refractivity contribution in [2.24, 2.45) is 0 Å². The van der Waals surface area contributed by atoms with Crippen molar-refractivity contribution in [1.82, 2.24) is 4.90 Å². The zero-order valence-corrected chi connectivity index (χ0v) is 12.3. The highest BCUT2D eigenvalue weighted by atomic mass is 32.2. The van der Waals surface area contributed by atoms with E-state index in [0.29, 0.717) is 17.6 Å². The minimum absolute atomic E-state index is 0.315. The van der Waals surface area contributed by atoms with Gasteiger partial charge >= 0.3 is 0 Å². The van der Waals surface area contributed by atoms with Crippen LogP contribution in [0.2, 0.25) is 0 Å². The minimum atomic E-state index is 0.315. The van der Waals surface area contributed by atoms with Crippen LogP contribution in [0.4, 0.5) is 0 Å². The number of benzene rings is 1. The van der Waals surface area contributed by atoms with Gasteiger partial charge in [-0.2, -0.15) is 11.8 Å². The van der Waals surface area contributed by atoms with E-state index in [2.05, 4.69) is 18.4 Å². The molecule has 18 heavy (non-hydrogen) atoms. The molecule has 1 aromatic rings. The largest absolute Gasteiger partial charge is 0.342 e. The average Bonchev–Trinajstić information content (AvgIpc) is 2.89. The smallest absolute Gasteiger partial charge is 0.223 e. The van der Waals surface area contributed by atoms with Gasteiger partial charge in [-0.1, -0.05) is 18.2 Å². The monoisotopic (exact) mass is 281 g/mol. The Hall–Kier alpha value is -0.610. The van der Waals surface area contributed by atoms with Crippen molar-refractivity contribution >= 4 is 29.4 Å². The topological polar surface area (TPSA) is 20.3 Å². The lowest BCUT2D eigenvalue weighted by Gasteiger charge is -2.15. The molecular formula is C14H19NOS2. The van der Waals surface area contributed by atoms with Crippen molar-refractivity contribution in [3.8, 4) is 0 Å². The summed E-state index contributed by atoms with van der Waals surface area (Å²) in [6, 6.07) is 10.3. The summed E-state index contributed by atoms with van der Waals surface area (Å²) in [6.45, 7) is 1.89. The number of thioether (sulfide) groups is 2. The Bertz CT molecular complexity index is 383. The lowest BCUT2D eigenvalue weighted by atomic mass is 10.4. The van der Waals surface area contributed by atoms with Gasteiger partial charge in [-0.25, -0.2) is 0 Å². The van der Waals surface area contributed by atoms with Crippen LogP contribution < -0.4 is 0 Å². The lowest BCUT2D eigenvalue weighted by molar-refractivity contribution is -0.129. The summed E-state index contributed by atoms with van der Waals surface area (Å²) in [6.07, 6.45) is 3.93. The molecule has 2 rings (SSSR count). The van der Waals surface area contributed by atoms with Gasteiger partial charge in [0.1, 0.15) is 0 Å². The number of carbonyl (C=O) groups is 1. The molecule has 0 aromatic heterocycles. The second kappa shape index (κ2) is 7.10. The van der Waals surface area contributed by atoms with Gasteiger partial charge in [-0.05, 0) is 24.8 Å². The second-order valence-electron chi connectivity index (χ2n) is 4.40. The average molecular weight is 281 g/mol. The van der Waals surface area contributed by atoms with Gasteiger partial charge in [0.15, 0.2) is 0 Å². The van der Waals surface area contributed by atoms with Crippen molar-refractivity contribution in [1.29, 1.82) is 0 Å². The molecule has 0 unspecified atom stereocenters. The zero-order valence-electron chi connectivity index (χ0n) is 10.7. The number of hydrogen-bond acceptors (Lipinski definition) is 3. The summed E-state index contributed by atoms with van der Waals surface area (Å²) in [5.41, 5.74) is 0. The molecule has 0 bridgehead atoms. The summed E-state index contributed by atoms with van der Waals surface area (Å²) in [7, 11) is 0. The fourth-order valence-electron chi connectivity index (χ4n) is 2.08. The Labute approximate surface area is 118 Å². The van der Waals surface area contributed by atoms with E-state index >= 15 is 0 Å². The van der Waals surface area contributed by atoms with Crippen LogP contribution >= 0.6 is 23.5 Å². The van der Waals surface area contributed by atoms with Crippen LogP contribution in [0.3, 0.4) is 0 Å². The summed E-state index contributed by atoms with van der Waals surface area (Å²) in [4.78, 5) is 15.3. The molecule has 1 amide bonds. The van der Waals surface area contributed by atoms with Gasteiger partial charge in [-0.3, -0.25) is 4.79 Å². The molecule has 98 valence electrons. The Kier molecular flexibility index (Phi) is 5.45.